The molecule has 0 saturated carbocycles. The normalized spacial score (nSPS) is 12.3. The van der Waals surface area contributed by atoms with Crippen molar-refractivity contribution in [1.29, 1.82) is 0 Å². The first kappa shape index (κ1) is 19.4. The van der Waals surface area contributed by atoms with Crippen LogP contribution >= 0.6 is 0 Å². The Morgan fingerprint density at radius 3 is 1.74 bits per heavy atom. The third kappa shape index (κ3) is 8.28. The van der Waals surface area contributed by atoms with Gasteiger partial charge in [0.2, 0.25) is 0 Å². The van der Waals surface area contributed by atoms with E-state index in [9.17, 15) is 0 Å². The molecule has 0 atom stereocenters. The van der Waals surface area contributed by atoms with Crippen molar-refractivity contribution in [2.75, 3.05) is 6.54 Å². The molecule has 0 spiro atoms. The minimum atomic E-state index is -1.47. The Balaban J connectivity index is 4.72. The summed E-state index contributed by atoms with van der Waals surface area (Å²) in [5.41, 5.74) is 5.75. The molecule has 4 heteroatoms. The summed E-state index contributed by atoms with van der Waals surface area (Å²) in [4.78, 5) is 0. The van der Waals surface area contributed by atoms with Crippen LogP contribution in [0.1, 0.15) is 59.8 Å². The van der Waals surface area contributed by atoms with Crippen molar-refractivity contribution in [2.45, 2.75) is 90.0 Å². The molecule has 0 aromatic carbocycles. The SMILES string of the molecule is CCC[SiH](CCC)O[Si](CCC)(CCC)CCCN. The summed E-state index contributed by atoms with van der Waals surface area (Å²) in [6, 6.07) is 6.77. The topological polar surface area (TPSA) is 35.2 Å². The molecular formula is C15H37NOSi2. The largest absolute Gasteiger partial charge is 0.457 e. The van der Waals surface area contributed by atoms with Crippen LogP contribution in [0.4, 0.5) is 0 Å². The van der Waals surface area contributed by atoms with E-state index < -0.39 is 17.4 Å². The zero-order valence-electron chi connectivity index (χ0n) is 13.8. The lowest BCUT2D eigenvalue weighted by atomic mass is 10.5. The molecule has 19 heavy (non-hydrogen) atoms. The Labute approximate surface area is 124 Å². The maximum absolute atomic E-state index is 6.92. The van der Waals surface area contributed by atoms with Crippen LogP contribution in [0, 0.1) is 0 Å². The minimum Gasteiger partial charge on any atom is -0.457 e. The molecule has 0 aromatic rings. The van der Waals surface area contributed by atoms with E-state index >= 15 is 0 Å². The Kier molecular flexibility index (Phi) is 12.3. The molecule has 0 saturated heterocycles. The van der Waals surface area contributed by atoms with Crippen LogP contribution in [-0.2, 0) is 4.12 Å². The maximum Gasteiger partial charge on any atom is 0.179 e. The van der Waals surface area contributed by atoms with Crippen LogP contribution < -0.4 is 5.73 Å². The second-order valence-electron chi connectivity index (χ2n) is 5.89. The highest BCUT2D eigenvalue weighted by atomic mass is 28.4. The van der Waals surface area contributed by atoms with Crippen molar-refractivity contribution in [1.82, 2.24) is 0 Å². The number of hydrogen-bond donors (Lipinski definition) is 1. The monoisotopic (exact) mass is 303 g/mol. The standard InChI is InChI=1S/C15H37NOSi2/c1-5-11-18(12-6-2)17-19(13-7-3,14-8-4)15-9-10-16/h18H,5-16H2,1-4H3. The van der Waals surface area contributed by atoms with Gasteiger partial charge in [-0.15, -0.1) is 0 Å². The molecule has 0 aliphatic rings. The highest BCUT2D eigenvalue weighted by Gasteiger charge is 2.34. The smallest absolute Gasteiger partial charge is 0.179 e. The molecule has 0 bridgehead atoms. The lowest BCUT2D eigenvalue weighted by Crippen LogP contribution is -2.43. The number of nitrogens with two attached hydrogens (primary N) is 1. The van der Waals surface area contributed by atoms with E-state index in [4.69, 9.17) is 9.85 Å². The average molecular weight is 304 g/mol. The second-order valence-corrected chi connectivity index (χ2v) is 13.1. The summed E-state index contributed by atoms with van der Waals surface area (Å²) >= 11 is 0. The Morgan fingerprint density at radius 1 is 0.842 bits per heavy atom. The van der Waals surface area contributed by atoms with Gasteiger partial charge in [0.05, 0.1) is 0 Å². The van der Waals surface area contributed by atoms with E-state index in [1.165, 1.54) is 62.3 Å². The van der Waals surface area contributed by atoms with Crippen LogP contribution in [0.3, 0.4) is 0 Å². The first-order valence-electron chi connectivity index (χ1n) is 8.55. The predicted molar refractivity (Wildman–Crippen MR) is 92.9 cm³/mol. The van der Waals surface area contributed by atoms with E-state index in [1.807, 2.05) is 0 Å². The zero-order valence-corrected chi connectivity index (χ0v) is 16.0. The van der Waals surface area contributed by atoms with E-state index in [1.54, 1.807) is 0 Å². The van der Waals surface area contributed by atoms with Gasteiger partial charge in [-0.25, -0.2) is 0 Å². The molecule has 116 valence electrons. The molecule has 0 heterocycles. The van der Waals surface area contributed by atoms with Crippen molar-refractivity contribution in [3.8, 4) is 0 Å². The molecule has 0 unspecified atom stereocenters. The van der Waals surface area contributed by atoms with E-state index in [-0.39, 0.29) is 0 Å². The molecule has 0 amide bonds. The molecule has 2 nitrogen and oxygen atoms in total. The van der Waals surface area contributed by atoms with E-state index in [2.05, 4.69) is 27.7 Å². The summed E-state index contributed by atoms with van der Waals surface area (Å²) < 4.78 is 6.92. The predicted octanol–water partition coefficient (Wildman–Crippen LogP) is 4.66. The average Bonchev–Trinajstić information content (AvgIpc) is 2.37. The first-order chi connectivity index (χ1) is 9.17. The van der Waals surface area contributed by atoms with Crippen molar-refractivity contribution in [3.05, 3.63) is 0 Å². The Morgan fingerprint density at radius 2 is 1.37 bits per heavy atom. The van der Waals surface area contributed by atoms with Gasteiger partial charge in [-0.2, -0.15) is 0 Å². The van der Waals surface area contributed by atoms with Gasteiger partial charge in [0.25, 0.3) is 0 Å². The fourth-order valence-electron chi connectivity index (χ4n) is 3.15. The van der Waals surface area contributed by atoms with Crippen LogP contribution in [0.5, 0.6) is 0 Å². The van der Waals surface area contributed by atoms with E-state index in [0.717, 1.165) is 6.54 Å². The molecule has 2 N–H and O–H groups in total. The Hall–Kier alpha value is 0.354. The van der Waals surface area contributed by atoms with Gasteiger partial charge < -0.3 is 9.85 Å². The Bertz CT molecular complexity index is 191. The molecular weight excluding hydrogens is 266 g/mol. The number of rotatable bonds is 13. The molecule has 0 aliphatic carbocycles. The summed E-state index contributed by atoms with van der Waals surface area (Å²) in [6.07, 6.45) is 6.35. The molecule has 0 fully saturated rings. The summed E-state index contributed by atoms with van der Waals surface area (Å²) in [6.45, 7) is 10.1. The summed E-state index contributed by atoms with van der Waals surface area (Å²) in [5, 5.41) is 0. The van der Waals surface area contributed by atoms with Gasteiger partial charge in [0, 0.05) is 0 Å². The highest BCUT2D eigenvalue weighted by Crippen LogP contribution is 2.29. The van der Waals surface area contributed by atoms with E-state index in [0.29, 0.717) is 0 Å². The van der Waals surface area contributed by atoms with Gasteiger partial charge in [-0.3, -0.25) is 0 Å². The lowest BCUT2D eigenvalue weighted by Gasteiger charge is -2.35. The van der Waals surface area contributed by atoms with Crippen molar-refractivity contribution >= 4 is 17.4 Å². The fraction of sp³-hybridized carbons (Fsp3) is 1.00. The zero-order chi connectivity index (χ0) is 14.6. The van der Waals surface area contributed by atoms with Gasteiger partial charge in [-0.05, 0) is 43.2 Å². The third-order valence-corrected chi connectivity index (χ3v) is 13.7. The summed E-state index contributed by atoms with van der Waals surface area (Å²) in [5.74, 6) is 0. The highest BCUT2D eigenvalue weighted by molar-refractivity contribution is 6.80. The second kappa shape index (κ2) is 12.1. The van der Waals surface area contributed by atoms with Gasteiger partial charge in [0.15, 0.2) is 17.4 Å². The molecule has 0 aliphatic heterocycles. The van der Waals surface area contributed by atoms with Crippen LogP contribution in [0.2, 0.25) is 30.2 Å². The molecule has 0 radical (unpaired) electrons. The lowest BCUT2D eigenvalue weighted by molar-refractivity contribution is 0.519. The fourth-order valence-corrected chi connectivity index (χ4v) is 13.3. The summed E-state index contributed by atoms with van der Waals surface area (Å²) in [7, 11) is -2.42. The van der Waals surface area contributed by atoms with Gasteiger partial charge in [-0.1, -0.05) is 53.4 Å². The van der Waals surface area contributed by atoms with Crippen molar-refractivity contribution in [2.24, 2.45) is 5.73 Å². The van der Waals surface area contributed by atoms with Gasteiger partial charge >= 0.3 is 0 Å². The number of hydrogen-bond acceptors (Lipinski definition) is 2. The third-order valence-electron chi connectivity index (χ3n) is 3.89. The van der Waals surface area contributed by atoms with Crippen LogP contribution in [0.25, 0.3) is 0 Å². The molecule has 0 aromatic heterocycles. The van der Waals surface area contributed by atoms with Gasteiger partial charge in [0.1, 0.15) is 0 Å². The first-order valence-corrected chi connectivity index (χ1v) is 13.2. The molecule has 0 rings (SSSR count). The van der Waals surface area contributed by atoms with Crippen LogP contribution in [-0.4, -0.2) is 23.9 Å². The minimum absolute atomic E-state index is 0.833. The van der Waals surface area contributed by atoms with Crippen molar-refractivity contribution < 1.29 is 4.12 Å². The van der Waals surface area contributed by atoms with Crippen molar-refractivity contribution in [3.63, 3.8) is 0 Å². The quantitative estimate of drug-likeness (QED) is 0.502. The maximum atomic E-state index is 6.92. The van der Waals surface area contributed by atoms with Crippen LogP contribution in [0.15, 0.2) is 0 Å².